The number of benzene rings is 12. The molecule has 12 aromatic carbocycles. The Labute approximate surface area is 703 Å². The number of halogens is 5. The first-order chi connectivity index (χ1) is 54.9. The summed E-state index contributed by atoms with van der Waals surface area (Å²) in [7, 11) is -0.391. The van der Waals surface area contributed by atoms with Gasteiger partial charge in [-0.2, -0.15) is 0 Å². The molecule has 14 aromatic rings. The molecule has 0 atom stereocenters. The van der Waals surface area contributed by atoms with E-state index in [9.17, 15) is 0 Å². The Balaban J connectivity index is 0.000000135. The summed E-state index contributed by atoms with van der Waals surface area (Å²) in [4.78, 5) is 0. The lowest BCUT2D eigenvalue weighted by molar-refractivity contribution is -0.364. The van der Waals surface area contributed by atoms with Gasteiger partial charge in [-0.05, 0) is 348 Å². The molecule has 7 heterocycles. The summed E-state index contributed by atoms with van der Waals surface area (Å²) in [5.41, 5.74) is 24.8. The highest BCUT2D eigenvalue weighted by atomic mass is 79.9. The Morgan fingerprint density at radius 2 is 0.703 bits per heavy atom. The van der Waals surface area contributed by atoms with Crippen molar-refractivity contribution in [2.45, 2.75) is 227 Å². The SMILES string of the molecule is CC(C)(C)c1cc2cc(C(C)(C)C)cc3c4ccc(B5OC(C)(C)C(C)(C)O5)c5cccc(c(c1)c23)c54.CC1=CC(C)=[N+]2C1=C(c1c(C)cc(-c3ccc4c5cc(C(C)(C)C)cc6cc(C(C)(C)C)cc(c7cccc3c74)c65)cc1C)c1c(C)cc(C)n1[B-]2(F)F.CC1=CC(C)=[N+]2C1=C(c1c(C)cc(Br)cc1C)c1c(C)cc(C)n1[B-]2(F)F. The fourth-order valence-corrected chi connectivity index (χ4v) is 21.4. The van der Waals surface area contributed by atoms with E-state index in [4.69, 9.17) is 9.31 Å². The number of hydrogen-bond donors (Lipinski definition) is 0. The van der Waals surface area contributed by atoms with E-state index < -0.39 is 21.1 Å². The van der Waals surface area contributed by atoms with Crippen molar-refractivity contribution in [3.8, 4) is 11.1 Å². The van der Waals surface area contributed by atoms with Crippen LogP contribution in [-0.4, -0.2) is 61.6 Å². The predicted molar refractivity (Wildman–Crippen MR) is 500 cm³/mol. The van der Waals surface area contributed by atoms with E-state index in [1.807, 2.05) is 65.8 Å². The van der Waals surface area contributed by atoms with Gasteiger partial charge in [-0.15, -0.1) is 0 Å². The molecule has 19 rings (SSSR count). The molecule has 0 N–H and O–H groups in total. The second kappa shape index (κ2) is 26.7. The molecule has 5 aliphatic heterocycles. The Morgan fingerprint density at radius 3 is 1.08 bits per heavy atom. The van der Waals surface area contributed by atoms with Crippen LogP contribution in [0.15, 0.2) is 185 Å². The molecular weight excluding hydrogens is 1530 g/mol. The summed E-state index contributed by atoms with van der Waals surface area (Å²) >= 11 is 3.55. The molecule has 0 spiro atoms. The molecule has 6 nitrogen and oxygen atoms in total. The summed E-state index contributed by atoms with van der Waals surface area (Å²) in [6, 6.07) is 54.5. The van der Waals surface area contributed by atoms with Crippen LogP contribution in [0, 0.1) is 55.4 Å². The van der Waals surface area contributed by atoms with Gasteiger partial charge in [0.25, 0.3) is 0 Å². The number of nitrogens with zero attached hydrogens (tertiary/aromatic N) is 4. The first-order valence-electron chi connectivity index (χ1n) is 42.1. The molecule has 1 fully saturated rings. The molecule has 602 valence electrons. The quantitative estimate of drug-likeness (QED) is 0.0762. The zero-order valence-electron chi connectivity index (χ0n) is 74.2. The Bertz CT molecular complexity index is 6800. The first-order valence-corrected chi connectivity index (χ1v) is 42.9. The maximum atomic E-state index is 16.5. The number of fused-ring (bicyclic) bond motifs is 8. The van der Waals surface area contributed by atoms with Gasteiger partial charge in [-0.25, -0.2) is 0 Å². The van der Waals surface area contributed by atoms with Crippen LogP contribution in [-0.2, 0) is 31.0 Å². The maximum Gasteiger partial charge on any atom is 0.737 e. The average molecular weight is 1640 g/mol. The summed E-state index contributed by atoms with van der Waals surface area (Å²) < 4.78 is 83.4. The van der Waals surface area contributed by atoms with Gasteiger partial charge in [-0.1, -0.05) is 196 Å². The molecule has 0 bridgehead atoms. The molecule has 2 aromatic heterocycles. The van der Waals surface area contributed by atoms with Crippen molar-refractivity contribution in [2.24, 2.45) is 0 Å². The van der Waals surface area contributed by atoms with E-state index in [0.717, 1.165) is 82.3 Å². The highest BCUT2D eigenvalue weighted by molar-refractivity contribution is 9.10. The third-order valence-electron chi connectivity index (χ3n) is 27.1. The van der Waals surface area contributed by atoms with Crippen molar-refractivity contribution >= 4 is 151 Å². The molecule has 0 aliphatic carbocycles. The lowest BCUT2D eigenvalue weighted by Gasteiger charge is -2.34. The number of allylic oxidation sites excluding steroid dienone is 4. The highest BCUT2D eigenvalue weighted by Gasteiger charge is 2.58. The summed E-state index contributed by atoms with van der Waals surface area (Å²) in [5, 5.41) is 20.8. The van der Waals surface area contributed by atoms with Crippen molar-refractivity contribution in [3.05, 3.63) is 274 Å². The van der Waals surface area contributed by atoms with Crippen LogP contribution in [0.3, 0.4) is 0 Å². The van der Waals surface area contributed by atoms with Gasteiger partial charge in [0.2, 0.25) is 0 Å². The molecule has 0 unspecified atom stereocenters. The molecule has 14 heteroatoms. The second-order valence-electron chi connectivity index (χ2n) is 40.3. The molecule has 0 radical (unpaired) electrons. The molecule has 5 aliphatic rings. The molecule has 1 saturated heterocycles. The van der Waals surface area contributed by atoms with E-state index in [-0.39, 0.29) is 32.9 Å². The van der Waals surface area contributed by atoms with Crippen LogP contribution >= 0.6 is 15.9 Å². The molecule has 118 heavy (non-hydrogen) atoms. The summed E-state index contributed by atoms with van der Waals surface area (Å²) in [6.45, 7) is 51.5. The van der Waals surface area contributed by atoms with Crippen LogP contribution in [0.2, 0.25) is 0 Å². The minimum Gasteiger partial charge on any atom is -0.399 e. The molecular formula is C104H110B3BrF4N4O2. The third kappa shape index (κ3) is 12.2. The smallest absolute Gasteiger partial charge is 0.399 e. The van der Waals surface area contributed by atoms with Gasteiger partial charge < -0.3 is 44.5 Å². The van der Waals surface area contributed by atoms with E-state index in [1.54, 1.807) is 27.7 Å². The topological polar surface area (TPSA) is 34.3 Å². The van der Waals surface area contributed by atoms with Gasteiger partial charge in [0.15, 0.2) is 11.4 Å². The van der Waals surface area contributed by atoms with Gasteiger partial charge >= 0.3 is 21.1 Å². The van der Waals surface area contributed by atoms with E-state index in [0.29, 0.717) is 45.6 Å². The fraction of sp³-hybridized carbons (Fsp3) is 0.327. The number of rotatable bonds is 4. The second-order valence-corrected chi connectivity index (χ2v) is 41.2. The van der Waals surface area contributed by atoms with Crippen LogP contribution in [0.5, 0.6) is 0 Å². The standard InChI is InChI=1S/C49H49BF2N2.C34H39BO2.C21H22BBrF2N2/c1-26-20-32(21-27(2)42(26)45-46-28(3)18-30(5)53(46)50(51,52)54-31(6)19-29(4)47(45)54)36-16-17-39-41-25-35(49(10,11)12)23-33-22-34(48(7,8)9)24-40(43(33)41)38-15-13-14-37(36)44(38)39;1-31(2,3)21-16-20-17-22(32(4,5)6)19-27-24-14-15-28(35-36-33(7,8)34(9,10)37-35)25-13-11-12-23(30(24)25)26(18-21)29(20)27;1-11-9-17(23)10-12(2)18(11)19-20-13(3)7-15(5)26(20)22(24,25)27-16(6)8-14(4)21(19)27/h13-25H,1-12H3;11-19H,1-10H3;7-10H,1-6H3. The minimum absolute atomic E-state index is 0.000383. The molecule has 0 saturated carbocycles. The number of aryl methyl sites for hydroxylation is 8. The Kier molecular flexibility index (Phi) is 18.3. The van der Waals surface area contributed by atoms with Gasteiger partial charge in [-0.3, -0.25) is 0 Å². The van der Waals surface area contributed by atoms with E-state index in [2.05, 4.69) is 274 Å². The Hall–Kier alpha value is -9.59. The largest absolute Gasteiger partial charge is 0.737 e. The monoisotopic (exact) mass is 1630 g/mol. The van der Waals surface area contributed by atoms with Crippen molar-refractivity contribution in [2.75, 3.05) is 0 Å². The van der Waals surface area contributed by atoms with E-state index >= 15 is 17.3 Å². The van der Waals surface area contributed by atoms with Crippen molar-refractivity contribution in [1.29, 1.82) is 0 Å². The van der Waals surface area contributed by atoms with Crippen LogP contribution < -0.4 is 5.46 Å². The van der Waals surface area contributed by atoms with E-state index in [1.165, 1.54) is 132 Å². The minimum atomic E-state index is -4.04. The van der Waals surface area contributed by atoms with Crippen molar-refractivity contribution in [3.63, 3.8) is 0 Å². The molecule has 0 amide bonds. The van der Waals surface area contributed by atoms with Gasteiger partial charge in [0.05, 0.1) is 22.3 Å². The van der Waals surface area contributed by atoms with Crippen LogP contribution in [0.25, 0.3) is 108 Å². The number of hydrogen-bond acceptors (Lipinski definition) is 2. The number of aromatic nitrogens is 2. The van der Waals surface area contributed by atoms with Crippen molar-refractivity contribution in [1.82, 2.24) is 8.96 Å². The highest BCUT2D eigenvalue weighted by Crippen LogP contribution is 2.53. The lowest BCUT2D eigenvalue weighted by atomic mass is 9.73. The van der Waals surface area contributed by atoms with Crippen molar-refractivity contribution < 1.29 is 35.5 Å². The third-order valence-corrected chi connectivity index (χ3v) is 27.5. The maximum absolute atomic E-state index is 16.5. The summed E-state index contributed by atoms with van der Waals surface area (Å²) in [5.74, 6) is 0. The fourth-order valence-electron chi connectivity index (χ4n) is 20.7. The van der Waals surface area contributed by atoms with Crippen LogP contribution in [0.4, 0.5) is 17.3 Å². The van der Waals surface area contributed by atoms with Gasteiger partial charge in [0, 0.05) is 53.0 Å². The zero-order valence-corrected chi connectivity index (χ0v) is 75.8. The van der Waals surface area contributed by atoms with Gasteiger partial charge in [0.1, 0.15) is 11.4 Å². The Morgan fingerprint density at radius 1 is 0.373 bits per heavy atom. The zero-order chi connectivity index (χ0) is 85.1. The average Bonchev–Trinajstić information content (AvgIpc) is 1.61. The first kappa shape index (κ1) is 80.8. The predicted octanol–water partition coefficient (Wildman–Crippen LogP) is 28.0. The van der Waals surface area contributed by atoms with Crippen LogP contribution in [0.1, 0.15) is 228 Å². The summed E-state index contributed by atoms with van der Waals surface area (Å²) in [6.07, 6.45) is 3.77. The normalized spacial score (nSPS) is 17.2. The lowest BCUT2D eigenvalue weighted by Crippen LogP contribution is -2.51.